The molecule has 37 heavy (non-hydrogen) atoms. The molecule has 0 amide bonds. The summed E-state index contributed by atoms with van der Waals surface area (Å²) in [5, 5.41) is 12.0. The van der Waals surface area contributed by atoms with E-state index in [2.05, 4.69) is 29.8 Å². The first-order chi connectivity index (χ1) is 17.2. The van der Waals surface area contributed by atoms with Crippen molar-refractivity contribution in [3.63, 3.8) is 0 Å². The number of rotatable bonds is 6. The summed E-state index contributed by atoms with van der Waals surface area (Å²) in [6, 6.07) is 0. The van der Waals surface area contributed by atoms with Gasteiger partial charge in [-0.25, -0.2) is 0 Å². The van der Waals surface area contributed by atoms with Crippen molar-refractivity contribution in [2.75, 3.05) is 6.61 Å². The van der Waals surface area contributed by atoms with E-state index in [1.54, 1.807) is 12.2 Å². The van der Waals surface area contributed by atoms with Crippen molar-refractivity contribution in [2.45, 2.75) is 89.7 Å². The number of hydrogen-bond acceptors (Lipinski definition) is 7. The summed E-state index contributed by atoms with van der Waals surface area (Å²) in [6.45, 7) is 10.7. The fourth-order valence-electron chi connectivity index (χ4n) is 8.50. The van der Waals surface area contributed by atoms with Gasteiger partial charge in [-0.15, -0.1) is 0 Å². The fraction of sp³-hybridized carbons (Fsp3) is 0.724. The van der Waals surface area contributed by atoms with Crippen LogP contribution in [0.3, 0.4) is 0 Å². The maximum absolute atomic E-state index is 13.9. The molecule has 3 fully saturated rings. The average molecular weight is 580 g/mol. The molecule has 1 N–H and O–H groups in total. The van der Waals surface area contributed by atoms with Gasteiger partial charge < -0.3 is 14.6 Å². The van der Waals surface area contributed by atoms with E-state index >= 15 is 0 Å². The number of carbonyl (C=O) groups excluding carboxylic acids is 4. The van der Waals surface area contributed by atoms with Gasteiger partial charge in [-0.3, -0.25) is 19.2 Å². The van der Waals surface area contributed by atoms with Crippen LogP contribution in [0, 0.1) is 34.5 Å². The molecule has 0 spiro atoms. The molecule has 7 nitrogen and oxygen atoms in total. The molecule has 3 saturated carbocycles. The molecule has 0 bridgehead atoms. The molecule has 8 heteroatoms. The van der Waals surface area contributed by atoms with Crippen molar-refractivity contribution in [2.24, 2.45) is 34.5 Å². The largest absolute Gasteiger partial charge is 0.458 e. The predicted octanol–water partition coefficient (Wildman–Crippen LogP) is 4.49. The van der Waals surface area contributed by atoms with E-state index in [0.717, 1.165) is 12.0 Å². The van der Waals surface area contributed by atoms with Gasteiger partial charge in [-0.05, 0) is 55.6 Å². The Morgan fingerprint density at radius 1 is 1.16 bits per heavy atom. The van der Waals surface area contributed by atoms with Crippen LogP contribution in [0.15, 0.2) is 23.8 Å². The third-order valence-corrected chi connectivity index (χ3v) is 12.0. The lowest BCUT2D eigenvalue weighted by atomic mass is 9.44. The van der Waals surface area contributed by atoms with E-state index in [-0.39, 0.29) is 42.3 Å². The Labute approximate surface area is 227 Å². The van der Waals surface area contributed by atoms with Crippen LogP contribution in [0.4, 0.5) is 0 Å². The average Bonchev–Trinajstić information content (AvgIpc) is 3.03. The highest BCUT2D eigenvalue weighted by molar-refractivity contribution is 9.10. The Morgan fingerprint density at radius 2 is 1.84 bits per heavy atom. The zero-order valence-electron chi connectivity index (χ0n) is 22.6. The van der Waals surface area contributed by atoms with E-state index in [4.69, 9.17) is 9.47 Å². The van der Waals surface area contributed by atoms with E-state index in [9.17, 15) is 24.3 Å². The van der Waals surface area contributed by atoms with Crippen molar-refractivity contribution in [1.29, 1.82) is 0 Å². The number of hydrogen-bond donors (Lipinski definition) is 1. The summed E-state index contributed by atoms with van der Waals surface area (Å²) in [4.78, 5) is 50.7. The van der Waals surface area contributed by atoms with Gasteiger partial charge in [0.1, 0.15) is 0 Å². The summed E-state index contributed by atoms with van der Waals surface area (Å²) in [6.07, 6.45) is 6.63. The molecule has 0 heterocycles. The zero-order chi connectivity index (χ0) is 27.6. The summed E-state index contributed by atoms with van der Waals surface area (Å²) >= 11 is 4.05. The van der Waals surface area contributed by atoms with Gasteiger partial charge in [-0.1, -0.05) is 62.2 Å². The van der Waals surface area contributed by atoms with Gasteiger partial charge in [-0.2, -0.15) is 0 Å². The molecule has 3 unspecified atom stereocenters. The first-order valence-corrected chi connectivity index (χ1v) is 14.2. The first kappa shape index (κ1) is 28.2. The maximum atomic E-state index is 13.9. The molecule has 0 aromatic carbocycles. The van der Waals surface area contributed by atoms with E-state index < -0.39 is 51.2 Å². The Kier molecular flexibility index (Phi) is 7.20. The first-order valence-electron chi connectivity index (χ1n) is 13.4. The summed E-state index contributed by atoms with van der Waals surface area (Å²) in [5.41, 5.74) is -1.99. The van der Waals surface area contributed by atoms with Crippen LogP contribution in [0.1, 0.15) is 73.6 Å². The number of halogens is 1. The summed E-state index contributed by atoms with van der Waals surface area (Å²) < 4.78 is 10.5. The van der Waals surface area contributed by atoms with Crippen LogP contribution in [0.5, 0.6) is 0 Å². The molecular weight excluding hydrogens is 540 g/mol. The van der Waals surface area contributed by atoms with Gasteiger partial charge in [0, 0.05) is 30.1 Å². The van der Waals surface area contributed by atoms with E-state index in [0.29, 0.717) is 12.8 Å². The number of esters is 2. The normalized spacial score (nSPS) is 44.3. The highest BCUT2D eigenvalue weighted by atomic mass is 79.9. The molecule has 4 rings (SSSR count). The van der Waals surface area contributed by atoms with Crippen molar-refractivity contribution < 1.29 is 33.8 Å². The summed E-state index contributed by atoms with van der Waals surface area (Å²) in [5.74, 6) is -1.88. The number of aliphatic hydroxyl groups is 1. The molecular formula is C29H39BrO7. The van der Waals surface area contributed by atoms with Gasteiger partial charge in [0.05, 0.1) is 10.4 Å². The second-order valence-corrected chi connectivity index (χ2v) is 13.4. The Morgan fingerprint density at radius 3 is 2.46 bits per heavy atom. The Bertz CT molecular complexity index is 1080. The highest BCUT2D eigenvalue weighted by Crippen LogP contribution is 2.73. The minimum atomic E-state index is -1.52. The molecule has 0 aromatic rings. The van der Waals surface area contributed by atoms with Crippen LogP contribution >= 0.6 is 15.9 Å². The second kappa shape index (κ2) is 9.44. The van der Waals surface area contributed by atoms with Crippen molar-refractivity contribution in [1.82, 2.24) is 0 Å². The standard InChI is InChI=1S/C29H39BrO7/c1-7-8-25(35)37-29(24(34)15-36-18(4)31)17(3)12-21-22-11-16(2)20-13-19(32)9-10-26(20,5)28(22,30)23(33)14-27(21,29)6/h9-10,13,16-17,21-23,33H,7-8,11-12,14-15H2,1-6H3/t16?,17?,21-,22-,23?,26-,27-,28-,29-/m0/s1. The smallest absolute Gasteiger partial charge is 0.306 e. The van der Waals surface area contributed by atoms with Crippen molar-refractivity contribution in [3.05, 3.63) is 23.8 Å². The molecule has 0 radical (unpaired) electrons. The van der Waals surface area contributed by atoms with Crippen LogP contribution < -0.4 is 0 Å². The molecule has 204 valence electrons. The fourth-order valence-corrected chi connectivity index (χ4v) is 9.53. The number of ketones is 2. The van der Waals surface area contributed by atoms with Crippen LogP contribution in [0.25, 0.3) is 0 Å². The predicted molar refractivity (Wildman–Crippen MR) is 141 cm³/mol. The van der Waals surface area contributed by atoms with E-state index in [1.807, 2.05) is 26.8 Å². The van der Waals surface area contributed by atoms with Gasteiger partial charge in [0.15, 0.2) is 18.0 Å². The highest BCUT2D eigenvalue weighted by Gasteiger charge is 2.76. The molecule has 0 aromatic heterocycles. The number of Topliss-reactive ketones (excluding diaryl/α,β-unsaturated/α-hetero) is 1. The van der Waals surface area contributed by atoms with Crippen molar-refractivity contribution >= 4 is 39.4 Å². The minimum Gasteiger partial charge on any atom is -0.458 e. The summed E-state index contributed by atoms with van der Waals surface area (Å²) in [7, 11) is 0. The molecule has 0 aliphatic heterocycles. The Hall–Kier alpha value is -1.80. The SMILES string of the molecule is CCCC(=O)O[C@]1(C(=O)COC(C)=O)C(C)C[C@H]2[C@@H]3CC(C)C4=CC(=O)C=C[C@]4(C)[C@@]3(Br)C(O)C[C@@]21C. The van der Waals surface area contributed by atoms with Gasteiger partial charge in [0.25, 0.3) is 0 Å². The number of alkyl halides is 1. The number of fused-ring (bicyclic) bond motifs is 5. The minimum absolute atomic E-state index is 0.0450. The lowest BCUT2D eigenvalue weighted by molar-refractivity contribution is -0.203. The third-order valence-electron chi connectivity index (χ3n) is 10.1. The monoisotopic (exact) mass is 578 g/mol. The quantitative estimate of drug-likeness (QED) is 0.365. The lowest BCUT2D eigenvalue weighted by Gasteiger charge is -2.65. The second-order valence-electron chi connectivity index (χ2n) is 12.1. The van der Waals surface area contributed by atoms with Gasteiger partial charge in [0.2, 0.25) is 5.78 Å². The van der Waals surface area contributed by atoms with Crippen molar-refractivity contribution in [3.8, 4) is 0 Å². The topological polar surface area (TPSA) is 107 Å². The number of aliphatic hydroxyl groups excluding tert-OH is 1. The molecule has 4 aliphatic carbocycles. The van der Waals surface area contributed by atoms with Crippen LogP contribution in [0.2, 0.25) is 0 Å². The van der Waals surface area contributed by atoms with E-state index in [1.165, 1.54) is 6.92 Å². The van der Waals surface area contributed by atoms with Crippen LogP contribution in [-0.4, -0.2) is 51.2 Å². The number of allylic oxidation sites excluding steroid dienone is 4. The third kappa shape index (κ3) is 3.83. The number of carbonyl (C=O) groups is 4. The molecule has 9 atom stereocenters. The maximum Gasteiger partial charge on any atom is 0.306 e. The van der Waals surface area contributed by atoms with Crippen LogP contribution in [-0.2, 0) is 28.7 Å². The molecule has 4 aliphatic rings. The van der Waals surface area contributed by atoms with Gasteiger partial charge >= 0.3 is 11.9 Å². The lowest BCUT2D eigenvalue weighted by Crippen LogP contribution is -2.70. The Balaban J connectivity index is 1.84. The zero-order valence-corrected chi connectivity index (χ0v) is 24.2. The number of ether oxygens (including phenoxy) is 2. The molecule has 0 saturated heterocycles.